The van der Waals surface area contributed by atoms with Crippen molar-refractivity contribution in [2.24, 2.45) is 4.99 Å². The van der Waals surface area contributed by atoms with Crippen LogP contribution < -0.4 is 4.72 Å². The van der Waals surface area contributed by atoms with Gasteiger partial charge in [0.1, 0.15) is 0 Å². The summed E-state index contributed by atoms with van der Waals surface area (Å²) in [6.07, 6.45) is 1.65. The lowest BCUT2D eigenvalue weighted by Gasteiger charge is -2.10. The molecule has 0 saturated carbocycles. The zero-order valence-electron chi connectivity index (χ0n) is 14.1. The first-order chi connectivity index (χ1) is 12.4. The lowest BCUT2D eigenvalue weighted by atomic mass is 10.2. The van der Waals surface area contributed by atoms with Crippen molar-refractivity contribution >= 4 is 43.5 Å². The van der Waals surface area contributed by atoms with Crippen molar-refractivity contribution in [2.45, 2.75) is 11.8 Å². The summed E-state index contributed by atoms with van der Waals surface area (Å²) in [5.74, 6) is 0. The number of nitrogens with zero attached hydrogens (tertiary/aromatic N) is 1. The van der Waals surface area contributed by atoms with Crippen LogP contribution in [0.4, 0.5) is 11.4 Å². The van der Waals surface area contributed by atoms with Crippen molar-refractivity contribution in [3.63, 3.8) is 0 Å². The molecule has 0 aromatic heterocycles. The summed E-state index contributed by atoms with van der Waals surface area (Å²) in [6, 6.07) is 21.4. The molecule has 0 unspecified atom stereocenters. The van der Waals surface area contributed by atoms with E-state index in [9.17, 15) is 8.42 Å². The van der Waals surface area contributed by atoms with Gasteiger partial charge in [-0.05, 0) is 49.4 Å². The van der Waals surface area contributed by atoms with Gasteiger partial charge in [-0.1, -0.05) is 51.8 Å². The van der Waals surface area contributed by atoms with Crippen molar-refractivity contribution in [2.75, 3.05) is 4.72 Å². The molecule has 0 heterocycles. The van der Waals surface area contributed by atoms with E-state index in [0.29, 0.717) is 11.3 Å². The second-order valence-electron chi connectivity index (χ2n) is 5.74. The minimum Gasteiger partial charge on any atom is -0.279 e. The number of benzene rings is 3. The number of halogens is 1. The maximum atomic E-state index is 12.6. The Labute approximate surface area is 161 Å². The Balaban J connectivity index is 1.87. The van der Waals surface area contributed by atoms with Gasteiger partial charge in [-0.3, -0.25) is 9.71 Å². The van der Waals surface area contributed by atoms with Gasteiger partial charge in [-0.2, -0.15) is 0 Å². The van der Waals surface area contributed by atoms with Crippen molar-refractivity contribution in [3.05, 3.63) is 88.4 Å². The molecule has 0 radical (unpaired) electrons. The van der Waals surface area contributed by atoms with E-state index >= 15 is 0 Å². The third kappa shape index (κ3) is 4.59. The van der Waals surface area contributed by atoms with Gasteiger partial charge in [0.05, 0.1) is 16.3 Å². The maximum Gasteiger partial charge on any atom is 0.261 e. The lowest BCUT2D eigenvalue weighted by Crippen LogP contribution is -2.14. The molecular formula is C20H17BrN2O2S. The van der Waals surface area contributed by atoms with Gasteiger partial charge >= 0.3 is 0 Å². The molecule has 0 spiro atoms. The summed E-state index contributed by atoms with van der Waals surface area (Å²) in [5.41, 5.74) is 2.95. The number of nitrogens with one attached hydrogen (secondary N) is 1. The van der Waals surface area contributed by atoms with Crippen LogP contribution in [0.15, 0.2) is 87.2 Å². The van der Waals surface area contributed by atoms with E-state index < -0.39 is 10.0 Å². The second kappa shape index (κ2) is 7.85. The minimum atomic E-state index is -3.66. The second-order valence-corrected chi connectivity index (χ2v) is 8.34. The average molecular weight is 429 g/mol. The SMILES string of the molecule is Cc1ccc(S(=O)(=O)Nc2ccccc2C=Nc2ccc(Br)cc2)cc1. The molecule has 3 aromatic rings. The Morgan fingerprint density at radius 2 is 1.58 bits per heavy atom. The Kier molecular flexibility index (Phi) is 5.54. The number of anilines is 1. The molecule has 0 aliphatic rings. The minimum absolute atomic E-state index is 0.225. The van der Waals surface area contributed by atoms with Gasteiger partial charge in [0, 0.05) is 16.3 Å². The number of para-hydroxylation sites is 1. The van der Waals surface area contributed by atoms with Crippen molar-refractivity contribution in [3.8, 4) is 0 Å². The number of hydrogen-bond donors (Lipinski definition) is 1. The molecule has 1 N–H and O–H groups in total. The van der Waals surface area contributed by atoms with Gasteiger partial charge in [0.25, 0.3) is 10.0 Å². The molecule has 0 fully saturated rings. The highest BCUT2D eigenvalue weighted by Crippen LogP contribution is 2.21. The third-order valence-electron chi connectivity index (χ3n) is 3.72. The number of aryl methyl sites for hydroxylation is 1. The molecule has 0 atom stereocenters. The number of rotatable bonds is 5. The molecule has 4 nitrogen and oxygen atoms in total. The number of hydrogen-bond acceptors (Lipinski definition) is 3. The fourth-order valence-electron chi connectivity index (χ4n) is 2.29. The first-order valence-electron chi connectivity index (χ1n) is 7.92. The highest BCUT2D eigenvalue weighted by Gasteiger charge is 2.15. The normalized spacial score (nSPS) is 11.6. The summed E-state index contributed by atoms with van der Waals surface area (Å²) in [7, 11) is -3.66. The third-order valence-corrected chi connectivity index (χ3v) is 5.63. The zero-order valence-corrected chi connectivity index (χ0v) is 16.5. The van der Waals surface area contributed by atoms with Crippen LogP contribution in [0.3, 0.4) is 0 Å². The first-order valence-corrected chi connectivity index (χ1v) is 10.2. The smallest absolute Gasteiger partial charge is 0.261 e. The van der Waals surface area contributed by atoms with Gasteiger partial charge in [-0.15, -0.1) is 0 Å². The van der Waals surface area contributed by atoms with Gasteiger partial charge < -0.3 is 0 Å². The van der Waals surface area contributed by atoms with Crippen LogP contribution >= 0.6 is 15.9 Å². The van der Waals surface area contributed by atoms with Crippen LogP contribution in [0.2, 0.25) is 0 Å². The molecule has 26 heavy (non-hydrogen) atoms. The van der Waals surface area contributed by atoms with E-state index in [1.807, 2.05) is 43.3 Å². The van der Waals surface area contributed by atoms with Crippen LogP contribution in [-0.2, 0) is 10.0 Å². The lowest BCUT2D eigenvalue weighted by molar-refractivity contribution is 0.601. The predicted molar refractivity (Wildman–Crippen MR) is 110 cm³/mol. The summed E-state index contributed by atoms with van der Waals surface area (Å²) in [4.78, 5) is 4.64. The Bertz CT molecular complexity index is 1030. The van der Waals surface area contributed by atoms with Gasteiger partial charge in [0.2, 0.25) is 0 Å². The Morgan fingerprint density at radius 3 is 2.27 bits per heavy atom. The molecule has 0 aliphatic carbocycles. The molecule has 132 valence electrons. The molecule has 6 heteroatoms. The van der Waals surface area contributed by atoms with E-state index in [1.165, 1.54) is 0 Å². The molecule has 0 amide bonds. The topological polar surface area (TPSA) is 58.5 Å². The quantitative estimate of drug-likeness (QED) is 0.559. The Hall–Kier alpha value is -2.44. The molecular weight excluding hydrogens is 412 g/mol. The average Bonchev–Trinajstić information content (AvgIpc) is 2.62. The summed E-state index contributed by atoms with van der Waals surface area (Å²) >= 11 is 3.38. The van der Waals surface area contributed by atoms with E-state index in [2.05, 4.69) is 25.6 Å². The summed E-state index contributed by atoms with van der Waals surface area (Å²) in [5, 5.41) is 0. The van der Waals surface area contributed by atoms with Crippen molar-refractivity contribution in [1.82, 2.24) is 0 Å². The number of sulfonamides is 1. The van der Waals surface area contributed by atoms with E-state index in [4.69, 9.17) is 0 Å². The Morgan fingerprint density at radius 1 is 0.923 bits per heavy atom. The highest BCUT2D eigenvalue weighted by atomic mass is 79.9. The molecule has 0 aliphatic heterocycles. The highest BCUT2D eigenvalue weighted by molar-refractivity contribution is 9.10. The monoisotopic (exact) mass is 428 g/mol. The van der Waals surface area contributed by atoms with Crippen LogP contribution in [0.25, 0.3) is 0 Å². The molecule has 3 aromatic carbocycles. The van der Waals surface area contributed by atoms with E-state index in [0.717, 1.165) is 15.7 Å². The van der Waals surface area contributed by atoms with E-state index in [-0.39, 0.29) is 4.90 Å². The van der Waals surface area contributed by atoms with Crippen molar-refractivity contribution in [1.29, 1.82) is 0 Å². The van der Waals surface area contributed by atoms with Crippen LogP contribution in [0.5, 0.6) is 0 Å². The van der Waals surface area contributed by atoms with Crippen LogP contribution in [0.1, 0.15) is 11.1 Å². The van der Waals surface area contributed by atoms with Crippen LogP contribution in [0, 0.1) is 6.92 Å². The van der Waals surface area contributed by atoms with Gasteiger partial charge in [0.15, 0.2) is 0 Å². The maximum absolute atomic E-state index is 12.6. The fourth-order valence-corrected chi connectivity index (χ4v) is 3.65. The number of aliphatic imine (C=N–C) groups is 1. The summed E-state index contributed by atoms with van der Waals surface area (Å²) in [6.45, 7) is 1.91. The van der Waals surface area contributed by atoms with Crippen LogP contribution in [-0.4, -0.2) is 14.6 Å². The van der Waals surface area contributed by atoms with Crippen molar-refractivity contribution < 1.29 is 8.42 Å². The standard InChI is InChI=1S/C20H17BrN2O2S/c1-15-6-12-19(13-7-15)26(24,25)23-20-5-3-2-4-16(20)14-22-18-10-8-17(21)9-11-18/h2-14,23H,1H3. The fraction of sp³-hybridized carbons (Fsp3) is 0.0500. The molecule has 3 rings (SSSR count). The first kappa shape index (κ1) is 18.4. The molecule has 0 saturated heterocycles. The van der Waals surface area contributed by atoms with Gasteiger partial charge in [-0.25, -0.2) is 8.42 Å². The van der Waals surface area contributed by atoms with E-state index in [1.54, 1.807) is 42.6 Å². The largest absolute Gasteiger partial charge is 0.279 e. The summed E-state index contributed by atoms with van der Waals surface area (Å²) < 4.78 is 28.8. The zero-order chi connectivity index (χ0) is 18.6. The molecule has 0 bridgehead atoms. The predicted octanol–water partition coefficient (Wildman–Crippen LogP) is 5.31.